The first kappa shape index (κ1) is 24.2. The van der Waals surface area contributed by atoms with Crippen molar-refractivity contribution in [2.24, 2.45) is 0 Å². The Kier molecular flexibility index (Phi) is 6.89. The number of rotatable bonds is 7. The van der Waals surface area contributed by atoms with Gasteiger partial charge >= 0.3 is 6.18 Å². The summed E-state index contributed by atoms with van der Waals surface area (Å²) in [5.74, 6) is -0.431. The summed E-state index contributed by atoms with van der Waals surface area (Å²) < 4.78 is 61.0. The molecule has 0 aliphatic carbocycles. The topological polar surface area (TPSA) is 49.7 Å². The lowest BCUT2D eigenvalue weighted by Crippen LogP contribution is -2.58. The molecule has 0 spiro atoms. The van der Waals surface area contributed by atoms with E-state index in [1.807, 2.05) is 6.07 Å². The Balaban J connectivity index is 2.44. The fraction of sp³-hybridized carbons (Fsp3) is 0.478. The van der Waals surface area contributed by atoms with Crippen LogP contribution in [0.25, 0.3) is 0 Å². The van der Waals surface area contributed by atoms with Crippen molar-refractivity contribution in [2.75, 3.05) is 7.11 Å². The first-order chi connectivity index (χ1) is 13.7. The van der Waals surface area contributed by atoms with Crippen LogP contribution in [0.4, 0.5) is 17.6 Å². The molecule has 2 aromatic rings. The maximum atomic E-state index is 14.0. The Bertz CT molecular complexity index is 872. The average molecular weight is 428 g/mol. The van der Waals surface area contributed by atoms with E-state index in [1.54, 1.807) is 26.0 Å². The summed E-state index contributed by atoms with van der Waals surface area (Å²) in [5.41, 5.74) is -2.42. The second kappa shape index (κ2) is 8.55. The quantitative estimate of drug-likeness (QED) is 0.609. The van der Waals surface area contributed by atoms with Crippen LogP contribution in [0.3, 0.4) is 0 Å². The van der Waals surface area contributed by atoms with Crippen molar-refractivity contribution in [2.45, 2.75) is 63.8 Å². The predicted molar refractivity (Wildman–Crippen MR) is 107 cm³/mol. The van der Waals surface area contributed by atoms with E-state index in [2.05, 4.69) is 0 Å². The number of hydrogen-bond donors (Lipinski definition) is 2. The van der Waals surface area contributed by atoms with Gasteiger partial charge in [-0.05, 0) is 49.4 Å². The smallest absolute Gasteiger partial charge is 0.419 e. The molecular formula is C23H28F4O3. The molecule has 3 nitrogen and oxygen atoms in total. The highest BCUT2D eigenvalue weighted by atomic mass is 19.4. The monoisotopic (exact) mass is 428 g/mol. The van der Waals surface area contributed by atoms with Gasteiger partial charge in [-0.25, -0.2) is 4.39 Å². The zero-order valence-electron chi connectivity index (χ0n) is 17.8. The van der Waals surface area contributed by atoms with Gasteiger partial charge in [-0.15, -0.1) is 0 Å². The van der Waals surface area contributed by atoms with E-state index in [1.165, 1.54) is 27.0 Å². The molecule has 2 aromatic carbocycles. The van der Waals surface area contributed by atoms with Gasteiger partial charge in [0.2, 0.25) is 0 Å². The number of aliphatic hydroxyl groups is 2. The van der Waals surface area contributed by atoms with Crippen LogP contribution in [0.15, 0.2) is 36.4 Å². The van der Waals surface area contributed by atoms with Crippen LogP contribution in [-0.4, -0.2) is 35.2 Å². The second-order valence-corrected chi connectivity index (χ2v) is 8.54. The Morgan fingerprint density at radius 2 is 1.57 bits per heavy atom. The molecule has 0 saturated heterocycles. The molecule has 0 aliphatic heterocycles. The van der Waals surface area contributed by atoms with E-state index < -0.39 is 35.5 Å². The van der Waals surface area contributed by atoms with Crippen molar-refractivity contribution in [3.05, 3.63) is 64.5 Å². The molecule has 0 saturated carbocycles. The normalized spacial score (nSPS) is 15.6. The van der Waals surface area contributed by atoms with E-state index in [-0.39, 0.29) is 17.7 Å². The fourth-order valence-electron chi connectivity index (χ4n) is 3.96. The van der Waals surface area contributed by atoms with Gasteiger partial charge in [0, 0.05) is 12.0 Å². The molecule has 0 aliphatic rings. The summed E-state index contributed by atoms with van der Waals surface area (Å²) in [5, 5.41) is 21.3. The SMILES string of the molecule is COc1ccc(F)cc1C(C)(C)CC(O)(C(O)Cc1cc(C)cc(C)c1)C(F)(F)F. The molecular weight excluding hydrogens is 400 g/mol. The molecule has 7 heteroatoms. The Morgan fingerprint density at radius 3 is 2.07 bits per heavy atom. The molecule has 2 unspecified atom stereocenters. The average Bonchev–Trinajstić information content (AvgIpc) is 2.59. The van der Waals surface area contributed by atoms with Crippen LogP contribution >= 0.6 is 0 Å². The number of ether oxygens (including phenoxy) is 1. The second-order valence-electron chi connectivity index (χ2n) is 8.54. The van der Waals surface area contributed by atoms with Crippen molar-refractivity contribution in [1.29, 1.82) is 0 Å². The molecule has 2 atom stereocenters. The Labute approximate surface area is 174 Å². The fourth-order valence-corrected chi connectivity index (χ4v) is 3.96. The number of benzene rings is 2. The van der Waals surface area contributed by atoms with Gasteiger partial charge in [-0.2, -0.15) is 13.2 Å². The van der Waals surface area contributed by atoms with Gasteiger partial charge in [-0.3, -0.25) is 0 Å². The lowest BCUT2D eigenvalue weighted by molar-refractivity contribution is -0.296. The highest BCUT2D eigenvalue weighted by Crippen LogP contribution is 2.45. The van der Waals surface area contributed by atoms with Gasteiger partial charge < -0.3 is 14.9 Å². The Morgan fingerprint density at radius 1 is 1.00 bits per heavy atom. The third-order valence-corrected chi connectivity index (χ3v) is 5.35. The van der Waals surface area contributed by atoms with E-state index >= 15 is 0 Å². The number of alkyl halides is 3. The van der Waals surface area contributed by atoms with Crippen molar-refractivity contribution < 1.29 is 32.5 Å². The molecule has 0 radical (unpaired) electrons. The van der Waals surface area contributed by atoms with Gasteiger partial charge in [0.1, 0.15) is 11.6 Å². The van der Waals surface area contributed by atoms with E-state index in [0.29, 0.717) is 5.56 Å². The third kappa shape index (κ3) is 5.13. The highest BCUT2D eigenvalue weighted by Gasteiger charge is 2.60. The molecule has 0 bridgehead atoms. The standard InChI is InChI=1S/C23H28F4O3/c1-14-8-15(2)10-16(9-14)11-20(28)22(29,23(25,26)27)13-21(3,4)18-12-17(24)6-7-19(18)30-5/h6-10,12,20,28-29H,11,13H2,1-5H3. The lowest BCUT2D eigenvalue weighted by atomic mass is 9.72. The molecule has 0 heterocycles. The van der Waals surface area contributed by atoms with Crippen LogP contribution in [0.1, 0.15) is 42.5 Å². The molecule has 166 valence electrons. The summed E-state index contributed by atoms with van der Waals surface area (Å²) >= 11 is 0. The van der Waals surface area contributed by atoms with Crippen molar-refractivity contribution in [3.63, 3.8) is 0 Å². The maximum absolute atomic E-state index is 14.0. The Hall–Kier alpha value is -2.12. The summed E-state index contributed by atoms with van der Waals surface area (Å²) in [7, 11) is 1.33. The number of hydrogen-bond acceptors (Lipinski definition) is 3. The molecule has 2 N–H and O–H groups in total. The molecule has 30 heavy (non-hydrogen) atoms. The van der Waals surface area contributed by atoms with E-state index in [0.717, 1.165) is 23.3 Å². The maximum Gasteiger partial charge on any atom is 0.419 e. The van der Waals surface area contributed by atoms with Crippen LogP contribution < -0.4 is 4.74 Å². The molecule has 0 amide bonds. The van der Waals surface area contributed by atoms with Crippen LogP contribution in [0.2, 0.25) is 0 Å². The third-order valence-electron chi connectivity index (χ3n) is 5.35. The zero-order valence-corrected chi connectivity index (χ0v) is 17.8. The summed E-state index contributed by atoms with van der Waals surface area (Å²) in [4.78, 5) is 0. The molecule has 2 rings (SSSR count). The number of aliphatic hydroxyl groups excluding tert-OH is 1. The predicted octanol–water partition coefficient (Wildman–Crippen LogP) is 5.02. The van der Waals surface area contributed by atoms with Gasteiger partial charge in [0.25, 0.3) is 0 Å². The van der Waals surface area contributed by atoms with Crippen molar-refractivity contribution in [1.82, 2.24) is 0 Å². The van der Waals surface area contributed by atoms with E-state index in [4.69, 9.17) is 4.74 Å². The van der Waals surface area contributed by atoms with Gasteiger partial charge in [0.15, 0.2) is 5.60 Å². The van der Waals surface area contributed by atoms with Crippen molar-refractivity contribution >= 4 is 0 Å². The minimum Gasteiger partial charge on any atom is -0.496 e. The van der Waals surface area contributed by atoms with Gasteiger partial charge in [-0.1, -0.05) is 43.2 Å². The van der Waals surface area contributed by atoms with Crippen LogP contribution in [-0.2, 0) is 11.8 Å². The summed E-state index contributed by atoms with van der Waals surface area (Å²) in [6.45, 7) is 6.51. The van der Waals surface area contributed by atoms with Crippen molar-refractivity contribution in [3.8, 4) is 5.75 Å². The lowest BCUT2D eigenvalue weighted by Gasteiger charge is -2.41. The summed E-state index contributed by atoms with van der Waals surface area (Å²) in [6, 6.07) is 8.77. The first-order valence-corrected chi connectivity index (χ1v) is 9.58. The van der Waals surface area contributed by atoms with E-state index in [9.17, 15) is 27.8 Å². The molecule has 0 aromatic heterocycles. The minimum atomic E-state index is -5.11. The zero-order chi connectivity index (χ0) is 22.9. The number of aryl methyl sites for hydroxylation is 2. The van der Waals surface area contributed by atoms with Crippen LogP contribution in [0, 0.1) is 19.7 Å². The van der Waals surface area contributed by atoms with Gasteiger partial charge in [0.05, 0.1) is 13.2 Å². The molecule has 0 fully saturated rings. The highest BCUT2D eigenvalue weighted by molar-refractivity contribution is 5.40. The van der Waals surface area contributed by atoms with Crippen LogP contribution in [0.5, 0.6) is 5.75 Å². The largest absolute Gasteiger partial charge is 0.496 e. The number of halogens is 4. The first-order valence-electron chi connectivity index (χ1n) is 9.58. The minimum absolute atomic E-state index is 0.172. The summed E-state index contributed by atoms with van der Waals surface area (Å²) in [6.07, 6.45) is -8.48. The number of methoxy groups -OCH3 is 1.